The van der Waals surface area contributed by atoms with Gasteiger partial charge in [0.05, 0.1) is 5.75 Å². The minimum Gasteiger partial charge on any atom is -0.337 e. The Bertz CT molecular complexity index is 602. The Morgan fingerprint density at radius 2 is 2.14 bits per heavy atom. The lowest BCUT2D eigenvalue weighted by Crippen LogP contribution is -2.44. The first-order chi connectivity index (χ1) is 10.2. The largest absolute Gasteiger partial charge is 0.337 e. The van der Waals surface area contributed by atoms with E-state index >= 15 is 0 Å². The molecule has 0 radical (unpaired) electrons. The first kappa shape index (κ1) is 18.4. The van der Waals surface area contributed by atoms with Crippen molar-refractivity contribution in [1.29, 1.82) is 0 Å². The molecule has 0 bridgehead atoms. The van der Waals surface area contributed by atoms with Gasteiger partial charge in [-0.05, 0) is 31.5 Å². The number of nitrogens with zero attached hydrogens (tertiary/aromatic N) is 2. The summed E-state index contributed by atoms with van der Waals surface area (Å²) in [6, 6.07) is 3.62. The normalized spacial score (nSPS) is 12.7. The summed E-state index contributed by atoms with van der Waals surface area (Å²) in [5.74, 6) is 0.0606. The number of likely N-dealkylation sites (N-methyl/N-ethyl adjacent to an activating group) is 1. The van der Waals surface area contributed by atoms with Gasteiger partial charge in [0.2, 0.25) is 0 Å². The van der Waals surface area contributed by atoms with Crippen LogP contribution in [0.15, 0.2) is 18.3 Å². The van der Waals surface area contributed by atoms with Crippen molar-refractivity contribution in [1.82, 2.24) is 15.2 Å². The number of urea groups is 1. The number of nitrogens with one attached hydrogen (secondary N) is 1. The molecule has 1 unspecified atom stereocenters. The van der Waals surface area contributed by atoms with Crippen molar-refractivity contribution < 1.29 is 13.2 Å². The molecule has 1 atom stereocenters. The third-order valence-electron chi connectivity index (χ3n) is 3.59. The van der Waals surface area contributed by atoms with Gasteiger partial charge in [-0.3, -0.25) is 4.98 Å². The minimum atomic E-state index is -3.06. The van der Waals surface area contributed by atoms with E-state index in [1.807, 2.05) is 26.0 Å². The van der Waals surface area contributed by atoms with Crippen molar-refractivity contribution >= 4 is 15.9 Å². The quantitative estimate of drug-likeness (QED) is 0.821. The molecule has 0 aromatic carbocycles. The molecule has 1 aromatic heterocycles. The zero-order valence-electron chi connectivity index (χ0n) is 13.7. The molecule has 1 rings (SSSR count). The SMILES string of the molecule is CCS(=O)(=O)CCNC(=O)N(C)C(C)Cc1cc(C)ccn1. The summed E-state index contributed by atoms with van der Waals surface area (Å²) in [6.07, 6.45) is 2.41. The topological polar surface area (TPSA) is 79.4 Å². The monoisotopic (exact) mass is 327 g/mol. The van der Waals surface area contributed by atoms with Crippen LogP contribution in [-0.4, -0.2) is 55.5 Å². The third-order valence-corrected chi connectivity index (χ3v) is 5.29. The molecule has 1 N–H and O–H groups in total. The Morgan fingerprint density at radius 1 is 1.45 bits per heavy atom. The van der Waals surface area contributed by atoms with Gasteiger partial charge in [0, 0.05) is 43.7 Å². The highest BCUT2D eigenvalue weighted by atomic mass is 32.2. The predicted molar refractivity (Wildman–Crippen MR) is 87.6 cm³/mol. The number of sulfone groups is 1. The number of carbonyl (C=O) groups is 1. The molecule has 1 aromatic rings. The molecule has 0 aliphatic heterocycles. The zero-order valence-corrected chi connectivity index (χ0v) is 14.5. The first-order valence-corrected chi connectivity index (χ1v) is 9.20. The molecule has 2 amide bonds. The summed E-state index contributed by atoms with van der Waals surface area (Å²) in [5, 5.41) is 2.64. The molecule has 22 heavy (non-hydrogen) atoms. The summed E-state index contributed by atoms with van der Waals surface area (Å²) in [5.41, 5.74) is 2.06. The molecule has 124 valence electrons. The lowest BCUT2D eigenvalue weighted by molar-refractivity contribution is 0.194. The van der Waals surface area contributed by atoms with Crippen LogP contribution in [0, 0.1) is 6.92 Å². The molecule has 7 heteroatoms. The van der Waals surface area contributed by atoms with Crippen molar-refractivity contribution in [3.05, 3.63) is 29.6 Å². The predicted octanol–water partition coefficient (Wildman–Crippen LogP) is 1.40. The molecule has 0 aliphatic rings. The Balaban J connectivity index is 2.48. The third kappa shape index (κ3) is 6.01. The van der Waals surface area contributed by atoms with E-state index < -0.39 is 9.84 Å². The van der Waals surface area contributed by atoms with Gasteiger partial charge < -0.3 is 10.2 Å². The van der Waals surface area contributed by atoms with E-state index in [-0.39, 0.29) is 30.1 Å². The van der Waals surface area contributed by atoms with Crippen LogP contribution in [0.1, 0.15) is 25.1 Å². The Kier molecular flexibility index (Phi) is 6.80. The molecular formula is C15H25N3O3S. The number of pyridine rings is 1. The fraction of sp³-hybridized carbons (Fsp3) is 0.600. The van der Waals surface area contributed by atoms with E-state index in [2.05, 4.69) is 10.3 Å². The van der Waals surface area contributed by atoms with Crippen LogP contribution in [-0.2, 0) is 16.3 Å². The van der Waals surface area contributed by atoms with Gasteiger partial charge >= 0.3 is 6.03 Å². The number of hydrogen-bond donors (Lipinski definition) is 1. The molecule has 0 aliphatic carbocycles. The molecule has 0 saturated carbocycles. The molecule has 0 saturated heterocycles. The standard InChI is InChI=1S/C15H25N3O3S/c1-5-22(20,21)9-8-17-15(19)18(4)13(3)11-14-10-12(2)6-7-16-14/h6-7,10,13H,5,8-9,11H2,1-4H3,(H,17,19). The summed E-state index contributed by atoms with van der Waals surface area (Å²) in [7, 11) is -1.36. The zero-order chi connectivity index (χ0) is 16.8. The summed E-state index contributed by atoms with van der Waals surface area (Å²) in [6.45, 7) is 5.67. The van der Waals surface area contributed by atoms with Gasteiger partial charge in [0.15, 0.2) is 9.84 Å². The highest BCUT2D eigenvalue weighted by Gasteiger charge is 2.17. The minimum absolute atomic E-state index is 0.0305. The van der Waals surface area contributed by atoms with Crippen LogP contribution in [0.3, 0.4) is 0 Å². The molecular weight excluding hydrogens is 302 g/mol. The number of hydrogen-bond acceptors (Lipinski definition) is 4. The van der Waals surface area contributed by atoms with E-state index in [0.717, 1.165) is 11.3 Å². The van der Waals surface area contributed by atoms with Crippen LogP contribution in [0.4, 0.5) is 4.79 Å². The second-order valence-corrected chi connectivity index (χ2v) is 7.93. The van der Waals surface area contributed by atoms with E-state index in [4.69, 9.17) is 0 Å². The lowest BCUT2D eigenvalue weighted by atomic mass is 10.1. The van der Waals surface area contributed by atoms with E-state index in [1.54, 1.807) is 25.1 Å². The Morgan fingerprint density at radius 3 is 2.73 bits per heavy atom. The van der Waals surface area contributed by atoms with Crippen molar-refractivity contribution in [2.75, 3.05) is 25.1 Å². The Hall–Kier alpha value is -1.63. The molecule has 0 spiro atoms. The fourth-order valence-corrected chi connectivity index (χ4v) is 2.63. The van der Waals surface area contributed by atoms with Crippen molar-refractivity contribution in [2.24, 2.45) is 0 Å². The average Bonchev–Trinajstić information content (AvgIpc) is 2.46. The highest BCUT2D eigenvalue weighted by Crippen LogP contribution is 2.07. The average molecular weight is 327 g/mol. The maximum absolute atomic E-state index is 12.0. The molecule has 1 heterocycles. The van der Waals surface area contributed by atoms with Crippen molar-refractivity contribution in [2.45, 2.75) is 33.2 Å². The Labute approximate surface area is 132 Å². The first-order valence-electron chi connectivity index (χ1n) is 7.37. The number of carbonyl (C=O) groups excluding carboxylic acids is 1. The smallest absolute Gasteiger partial charge is 0.317 e. The highest BCUT2D eigenvalue weighted by molar-refractivity contribution is 7.91. The fourth-order valence-electron chi connectivity index (χ4n) is 1.93. The number of aromatic nitrogens is 1. The van der Waals surface area contributed by atoms with Crippen molar-refractivity contribution in [3.8, 4) is 0 Å². The molecule has 6 nitrogen and oxygen atoms in total. The van der Waals surface area contributed by atoms with E-state index in [0.29, 0.717) is 6.42 Å². The van der Waals surface area contributed by atoms with Gasteiger partial charge in [0.1, 0.15) is 0 Å². The maximum Gasteiger partial charge on any atom is 0.317 e. The van der Waals surface area contributed by atoms with E-state index in [9.17, 15) is 13.2 Å². The summed E-state index contributed by atoms with van der Waals surface area (Å²) in [4.78, 5) is 17.9. The number of aryl methyl sites for hydroxylation is 1. The van der Waals surface area contributed by atoms with Crippen LogP contribution in [0.5, 0.6) is 0 Å². The maximum atomic E-state index is 12.0. The number of rotatable bonds is 7. The second-order valence-electron chi connectivity index (χ2n) is 5.46. The van der Waals surface area contributed by atoms with Gasteiger partial charge in [-0.1, -0.05) is 6.92 Å². The van der Waals surface area contributed by atoms with Crippen molar-refractivity contribution in [3.63, 3.8) is 0 Å². The summed E-state index contributed by atoms with van der Waals surface area (Å²) < 4.78 is 22.8. The molecule has 0 fully saturated rings. The lowest BCUT2D eigenvalue weighted by Gasteiger charge is -2.25. The van der Waals surface area contributed by atoms with Gasteiger partial charge in [0.25, 0.3) is 0 Å². The van der Waals surface area contributed by atoms with Gasteiger partial charge in [-0.2, -0.15) is 0 Å². The van der Waals surface area contributed by atoms with Crippen LogP contribution in [0.25, 0.3) is 0 Å². The van der Waals surface area contributed by atoms with Gasteiger partial charge in [-0.15, -0.1) is 0 Å². The van der Waals surface area contributed by atoms with E-state index in [1.165, 1.54) is 0 Å². The number of amides is 2. The second kappa shape index (κ2) is 8.12. The van der Waals surface area contributed by atoms with Gasteiger partial charge in [-0.25, -0.2) is 13.2 Å². The summed E-state index contributed by atoms with van der Waals surface area (Å²) >= 11 is 0. The van der Waals surface area contributed by atoms with Crippen LogP contribution >= 0.6 is 0 Å². The van der Waals surface area contributed by atoms with Crippen LogP contribution < -0.4 is 5.32 Å². The van der Waals surface area contributed by atoms with Crippen LogP contribution in [0.2, 0.25) is 0 Å².